The molecule has 2 aliphatic rings. The molecule has 2 aliphatic carbocycles. The summed E-state index contributed by atoms with van der Waals surface area (Å²) in [5, 5.41) is 8.85. The van der Waals surface area contributed by atoms with Crippen LogP contribution in [0.15, 0.2) is 0 Å². The van der Waals surface area contributed by atoms with Gasteiger partial charge in [-0.05, 0) is 44.4 Å². The van der Waals surface area contributed by atoms with Crippen LogP contribution in [-0.4, -0.2) is 35.0 Å². The van der Waals surface area contributed by atoms with Crippen molar-refractivity contribution in [2.75, 3.05) is 13.1 Å². The summed E-state index contributed by atoms with van der Waals surface area (Å²) in [7, 11) is 0. The lowest BCUT2D eigenvalue weighted by atomic mass is 10.1. The van der Waals surface area contributed by atoms with E-state index in [1.54, 1.807) is 4.90 Å². The largest absolute Gasteiger partial charge is 0.481 e. The summed E-state index contributed by atoms with van der Waals surface area (Å²) in [5.41, 5.74) is 0. The van der Waals surface area contributed by atoms with Gasteiger partial charge in [-0.25, -0.2) is 0 Å². The van der Waals surface area contributed by atoms with Crippen LogP contribution in [0.25, 0.3) is 0 Å². The monoisotopic (exact) mass is 225 g/mol. The van der Waals surface area contributed by atoms with Crippen molar-refractivity contribution < 1.29 is 14.7 Å². The summed E-state index contributed by atoms with van der Waals surface area (Å²) >= 11 is 0. The van der Waals surface area contributed by atoms with Gasteiger partial charge >= 0.3 is 5.97 Å². The van der Waals surface area contributed by atoms with Crippen molar-refractivity contribution in [1.29, 1.82) is 0 Å². The number of nitrogens with zero attached hydrogens (tertiary/aromatic N) is 1. The molecule has 0 saturated heterocycles. The lowest BCUT2D eigenvalue weighted by Gasteiger charge is -2.24. The first-order chi connectivity index (χ1) is 7.58. The molecule has 1 atom stereocenters. The summed E-state index contributed by atoms with van der Waals surface area (Å²) in [6.45, 7) is 3.03. The maximum atomic E-state index is 12.0. The van der Waals surface area contributed by atoms with Crippen LogP contribution >= 0.6 is 0 Å². The van der Waals surface area contributed by atoms with Gasteiger partial charge in [0.25, 0.3) is 0 Å². The Morgan fingerprint density at radius 1 is 1.19 bits per heavy atom. The Balaban J connectivity index is 1.91. The molecule has 0 aliphatic heterocycles. The number of amides is 1. The topological polar surface area (TPSA) is 57.6 Å². The number of carbonyl (C=O) groups is 2. The van der Waals surface area contributed by atoms with Crippen LogP contribution in [0.2, 0.25) is 0 Å². The molecule has 0 spiro atoms. The van der Waals surface area contributed by atoms with Crippen molar-refractivity contribution in [3.05, 3.63) is 0 Å². The zero-order valence-electron chi connectivity index (χ0n) is 9.69. The van der Waals surface area contributed by atoms with Gasteiger partial charge in [0, 0.05) is 13.1 Å². The minimum atomic E-state index is -1.01. The summed E-state index contributed by atoms with van der Waals surface area (Å²) in [6, 6.07) is 0. The quantitative estimate of drug-likeness (QED) is 0.694. The minimum absolute atomic E-state index is 0.202. The molecule has 2 rings (SSSR count). The smallest absolute Gasteiger partial charge is 0.315 e. The van der Waals surface area contributed by atoms with Crippen LogP contribution in [0.1, 0.15) is 32.6 Å². The third kappa shape index (κ3) is 2.97. The predicted octanol–water partition coefficient (Wildman–Crippen LogP) is 1.36. The van der Waals surface area contributed by atoms with Crippen LogP contribution in [0.4, 0.5) is 0 Å². The Hall–Kier alpha value is -1.06. The first-order valence-electron chi connectivity index (χ1n) is 6.09. The Morgan fingerprint density at radius 2 is 1.62 bits per heavy atom. The summed E-state index contributed by atoms with van der Waals surface area (Å²) in [6.07, 6.45) is 4.76. The van der Waals surface area contributed by atoms with E-state index >= 15 is 0 Å². The van der Waals surface area contributed by atoms with Crippen LogP contribution < -0.4 is 0 Å². The van der Waals surface area contributed by atoms with Crippen molar-refractivity contribution in [3.63, 3.8) is 0 Å². The summed E-state index contributed by atoms with van der Waals surface area (Å²) in [4.78, 5) is 24.5. The zero-order chi connectivity index (χ0) is 11.7. The highest BCUT2D eigenvalue weighted by atomic mass is 16.4. The van der Waals surface area contributed by atoms with Gasteiger partial charge in [-0.15, -0.1) is 0 Å². The molecule has 2 fully saturated rings. The fourth-order valence-electron chi connectivity index (χ4n) is 1.86. The van der Waals surface area contributed by atoms with Crippen LogP contribution in [0.5, 0.6) is 0 Å². The fraction of sp³-hybridized carbons (Fsp3) is 0.833. The number of rotatable bonds is 6. The molecule has 0 bridgehead atoms. The maximum absolute atomic E-state index is 12.0. The molecule has 0 radical (unpaired) electrons. The van der Waals surface area contributed by atoms with Gasteiger partial charge in [-0.3, -0.25) is 9.59 Å². The standard InChI is InChI=1S/C12H19NO3/c1-8(12(15)16)11(14)13(6-9-2-3-9)7-10-4-5-10/h8-10H,2-7H2,1H3,(H,15,16). The average Bonchev–Trinajstić information content (AvgIpc) is 3.08. The van der Waals surface area contributed by atoms with Gasteiger partial charge in [0.15, 0.2) is 0 Å². The SMILES string of the molecule is CC(C(=O)O)C(=O)N(CC1CC1)CC1CC1. The van der Waals surface area contributed by atoms with E-state index in [9.17, 15) is 9.59 Å². The van der Waals surface area contributed by atoms with Gasteiger partial charge in [-0.2, -0.15) is 0 Å². The lowest BCUT2D eigenvalue weighted by molar-refractivity contribution is -0.150. The number of hydrogen-bond acceptors (Lipinski definition) is 2. The third-order valence-electron chi connectivity index (χ3n) is 3.40. The first kappa shape index (κ1) is 11.4. The van der Waals surface area contributed by atoms with Gasteiger partial charge in [0.1, 0.15) is 5.92 Å². The molecule has 0 aromatic heterocycles. The van der Waals surface area contributed by atoms with E-state index in [2.05, 4.69) is 0 Å². The van der Waals surface area contributed by atoms with Crippen molar-refractivity contribution in [3.8, 4) is 0 Å². The Bertz CT molecular complexity index is 281. The third-order valence-corrected chi connectivity index (χ3v) is 3.40. The molecule has 0 heterocycles. The molecule has 1 unspecified atom stereocenters. The van der Waals surface area contributed by atoms with Crippen molar-refractivity contribution >= 4 is 11.9 Å². The lowest BCUT2D eigenvalue weighted by Crippen LogP contribution is -2.40. The summed E-state index contributed by atoms with van der Waals surface area (Å²) in [5.74, 6) is -0.849. The molecule has 0 aromatic rings. The van der Waals surface area contributed by atoms with E-state index in [0.717, 1.165) is 13.1 Å². The van der Waals surface area contributed by atoms with Crippen LogP contribution in [0.3, 0.4) is 0 Å². The molecular formula is C12H19NO3. The highest BCUT2D eigenvalue weighted by molar-refractivity contribution is 5.96. The van der Waals surface area contributed by atoms with Crippen LogP contribution in [0, 0.1) is 17.8 Å². The Labute approximate surface area is 95.6 Å². The number of carboxylic acid groups (broad SMARTS) is 1. The van der Waals surface area contributed by atoms with E-state index in [0.29, 0.717) is 11.8 Å². The van der Waals surface area contributed by atoms with Crippen molar-refractivity contribution in [2.45, 2.75) is 32.6 Å². The van der Waals surface area contributed by atoms with Crippen LogP contribution in [-0.2, 0) is 9.59 Å². The number of aliphatic carboxylic acids is 1. The second kappa shape index (κ2) is 4.44. The molecule has 0 aromatic carbocycles. The first-order valence-corrected chi connectivity index (χ1v) is 6.09. The van der Waals surface area contributed by atoms with E-state index in [1.807, 2.05) is 0 Å². The second-order valence-corrected chi connectivity index (χ2v) is 5.19. The van der Waals surface area contributed by atoms with Gasteiger partial charge in [-0.1, -0.05) is 0 Å². The van der Waals surface area contributed by atoms with Gasteiger partial charge in [0.2, 0.25) is 5.91 Å². The van der Waals surface area contributed by atoms with E-state index in [-0.39, 0.29) is 5.91 Å². The van der Waals surface area contributed by atoms with Crippen molar-refractivity contribution in [1.82, 2.24) is 4.90 Å². The van der Waals surface area contributed by atoms with Gasteiger partial charge < -0.3 is 10.0 Å². The number of hydrogen-bond donors (Lipinski definition) is 1. The molecule has 1 N–H and O–H groups in total. The summed E-state index contributed by atoms with van der Waals surface area (Å²) < 4.78 is 0. The molecule has 16 heavy (non-hydrogen) atoms. The highest BCUT2D eigenvalue weighted by Crippen LogP contribution is 2.34. The zero-order valence-corrected chi connectivity index (χ0v) is 9.69. The van der Waals surface area contributed by atoms with E-state index < -0.39 is 11.9 Å². The molecular weight excluding hydrogens is 206 g/mol. The normalized spacial score (nSPS) is 21.6. The predicted molar refractivity (Wildman–Crippen MR) is 58.8 cm³/mol. The second-order valence-electron chi connectivity index (χ2n) is 5.19. The maximum Gasteiger partial charge on any atom is 0.315 e. The number of carbonyl (C=O) groups excluding carboxylic acids is 1. The molecule has 90 valence electrons. The average molecular weight is 225 g/mol. The fourth-order valence-corrected chi connectivity index (χ4v) is 1.86. The molecule has 2 saturated carbocycles. The Kier molecular flexibility index (Phi) is 3.17. The van der Waals surface area contributed by atoms with E-state index in [1.165, 1.54) is 32.6 Å². The Morgan fingerprint density at radius 3 is 1.94 bits per heavy atom. The number of carboxylic acids is 1. The van der Waals surface area contributed by atoms with E-state index in [4.69, 9.17) is 5.11 Å². The van der Waals surface area contributed by atoms with Crippen molar-refractivity contribution in [2.24, 2.45) is 17.8 Å². The highest BCUT2D eigenvalue weighted by Gasteiger charge is 2.34. The van der Waals surface area contributed by atoms with Gasteiger partial charge in [0.05, 0.1) is 0 Å². The minimum Gasteiger partial charge on any atom is -0.481 e. The molecule has 1 amide bonds. The molecule has 4 heteroatoms. The molecule has 4 nitrogen and oxygen atoms in total.